The summed E-state index contributed by atoms with van der Waals surface area (Å²) in [6.07, 6.45) is 6.62. The molecule has 6 aromatic carbocycles. The molecular formula is C78H54Cl4Li3N21Na2O18S6. The van der Waals surface area contributed by atoms with E-state index in [2.05, 4.69) is 131 Å². The molecule has 648 valence electrons. The van der Waals surface area contributed by atoms with Gasteiger partial charge in [-0.15, -0.1) is 97.7 Å². The largest absolute Gasteiger partial charge is 1.00 e. The number of aromatic nitrogens is 4. The average Bonchev–Trinajstić information content (AvgIpc) is 1.22. The number of nitrogens with zero attached hydrogens (tertiary/aromatic N) is 14. The number of rotatable bonds is 25. The van der Waals surface area contributed by atoms with Gasteiger partial charge >= 0.3 is 143 Å². The maximum atomic E-state index is 12.1. The molecule has 0 aliphatic rings. The van der Waals surface area contributed by atoms with Crippen molar-refractivity contribution in [3.05, 3.63) is 249 Å². The fraction of sp³-hybridized carbons (Fsp3) is 0.0641. The summed E-state index contributed by atoms with van der Waals surface area (Å²) in [5, 5.41) is 85.2. The molecule has 132 heavy (non-hydrogen) atoms. The van der Waals surface area contributed by atoms with Gasteiger partial charge < -0.3 is 58.4 Å². The summed E-state index contributed by atoms with van der Waals surface area (Å²) in [7, 11) is -15.9. The number of ether oxygens (including phenoxy) is 1. The number of nitriles is 4. The van der Waals surface area contributed by atoms with Crippen LogP contribution in [0.2, 0.25) is 20.1 Å². The zero-order valence-electron chi connectivity index (χ0n) is 69.3. The Balaban J connectivity index is 0.000000988. The van der Waals surface area contributed by atoms with Crippen LogP contribution in [0.5, 0.6) is 0 Å². The minimum absolute atomic E-state index is 0. The van der Waals surface area contributed by atoms with E-state index in [1.165, 1.54) is 24.3 Å². The number of carbonyl (C=O) groups is 3. The van der Waals surface area contributed by atoms with Crippen molar-refractivity contribution in [1.82, 2.24) is 19.9 Å². The van der Waals surface area contributed by atoms with E-state index < -0.39 is 51.2 Å². The van der Waals surface area contributed by atoms with Crippen molar-refractivity contribution in [3.8, 4) is 46.5 Å². The number of hydrogen-bond donors (Lipinski definition) is 7. The Morgan fingerprint density at radius 2 is 0.962 bits per heavy atom. The zero-order valence-corrected chi connectivity index (χ0v) is 81.2. The molecule has 2 amide bonds. The molecule has 39 nitrogen and oxygen atoms in total. The number of carbonyl (C=O) groups excluding carboxylic acids is 5. The number of azo groups is 3. The van der Waals surface area contributed by atoms with Gasteiger partial charge in [-0.25, -0.2) is 26.8 Å². The van der Waals surface area contributed by atoms with Crippen LogP contribution in [-0.4, -0.2) is 102 Å². The molecule has 0 unspecified atom stereocenters. The van der Waals surface area contributed by atoms with Crippen molar-refractivity contribution >= 4 is 229 Å². The number of thiophene rings is 2. The van der Waals surface area contributed by atoms with Gasteiger partial charge in [-0.05, 0) is 122 Å². The molecule has 12 aromatic rings. The van der Waals surface area contributed by atoms with Gasteiger partial charge in [0.25, 0.3) is 6.47 Å². The van der Waals surface area contributed by atoms with Crippen LogP contribution < -0.4 is 153 Å². The number of halogens is 4. The molecule has 0 bridgehead atoms. The van der Waals surface area contributed by atoms with Gasteiger partial charge in [-0.3, -0.25) is 24.4 Å². The Kier molecular flexibility index (Phi) is 51.4. The zero-order chi connectivity index (χ0) is 93.1. The summed E-state index contributed by atoms with van der Waals surface area (Å²) in [4.78, 5) is 66.2. The normalized spacial score (nSPS) is 10.1. The van der Waals surface area contributed by atoms with Crippen LogP contribution in [-0.2, 0) is 70.2 Å². The maximum Gasteiger partial charge on any atom is 1.00 e. The predicted octanol–water partition coefficient (Wildman–Crippen LogP) is 2.36. The van der Waals surface area contributed by atoms with Crippen LogP contribution in [0, 0.1) is 78.2 Å². The van der Waals surface area contributed by atoms with E-state index in [-0.39, 0.29) is 226 Å². The Bertz CT molecular complexity index is 6910. The van der Waals surface area contributed by atoms with E-state index in [4.69, 9.17) is 87.0 Å². The molecule has 8 N–H and O–H groups in total. The predicted molar refractivity (Wildman–Crippen MR) is 465 cm³/mol. The van der Waals surface area contributed by atoms with Gasteiger partial charge in [0.2, 0.25) is 5.91 Å². The second-order valence-electron chi connectivity index (χ2n) is 23.9. The first-order chi connectivity index (χ1) is 60.5. The molecule has 0 spiro atoms. The first-order valence-electron chi connectivity index (χ1n) is 34.5. The topological polar surface area (TPSA) is 630 Å². The molecule has 0 fully saturated rings. The van der Waals surface area contributed by atoms with Gasteiger partial charge in [0, 0.05) is 65.7 Å². The Labute approximate surface area is 864 Å². The van der Waals surface area contributed by atoms with Crippen LogP contribution in [0.4, 0.5) is 94.5 Å². The summed E-state index contributed by atoms with van der Waals surface area (Å²) in [5.74, 6) is 0.0700. The number of nitrogens with one attached hydrogen (secondary N) is 6. The average molecular weight is 1970 g/mol. The smallest absolute Gasteiger partial charge is 0.744 e. The molecule has 0 aliphatic heterocycles. The summed E-state index contributed by atoms with van der Waals surface area (Å²) in [6, 6.07) is 53.7. The summed E-state index contributed by atoms with van der Waals surface area (Å²) in [6.45, 7) is 7.23. The third kappa shape index (κ3) is 36.5. The molecule has 6 aromatic heterocycles. The number of hydrogen-bond acceptors (Lipinski definition) is 39. The van der Waals surface area contributed by atoms with E-state index in [0.29, 0.717) is 105 Å². The van der Waals surface area contributed by atoms with Crippen molar-refractivity contribution in [3.63, 3.8) is 0 Å². The first kappa shape index (κ1) is 117. The van der Waals surface area contributed by atoms with E-state index >= 15 is 0 Å². The van der Waals surface area contributed by atoms with Crippen molar-refractivity contribution in [2.45, 2.75) is 36.5 Å². The number of amides is 2. The van der Waals surface area contributed by atoms with E-state index in [9.17, 15) is 61.4 Å². The van der Waals surface area contributed by atoms with Gasteiger partial charge in [-0.1, -0.05) is 91.6 Å². The van der Waals surface area contributed by atoms with E-state index in [1.807, 2.05) is 0 Å². The third-order valence-corrected chi connectivity index (χ3v) is 20.5. The van der Waals surface area contributed by atoms with Gasteiger partial charge in [0.05, 0.1) is 60.9 Å². The monoisotopic (exact) mass is 1970 g/mol. The second-order valence-corrected chi connectivity index (χ2v) is 31.1. The summed E-state index contributed by atoms with van der Waals surface area (Å²) in [5.41, 5.74) is 13.4. The molecule has 12 rings (SSSR count). The number of aryl methyl sites for hydroxylation is 1. The molecule has 0 radical (unpaired) electrons. The number of anilines is 11. The van der Waals surface area contributed by atoms with Crippen molar-refractivity contribution in [1.29, 1.82) is 21.0 Å². The van der Waals surface area contributed by atoms with Crippen LogP contribution in [0.3, 0.4) is 0 Å². The van der Waals surface area contributed by atoms with Crippen molar-refractivity contribution < 1.29 is 197 Å². The molecule has 54 heteroatoms. The Morgan fingerprint density at radius 1 is 0.545 bits per heavy atom. The standard InChI is InChI=1S/C38H25Cl2N11O4S2.C20H16N6O3S.C19H13Cl2N4O3S.CO2.3Li.2Na.2O3S.H2/c1-3-32(52)44-26-6-4-5-22(17-26)33-29(20-42)37(56-38(33)51-48-25-13-15-43-16-14-25)50-49-34-21(2)28(19-41)35(47-36(34)45-24-9-7-23(39)8-10-24)46-27-11-12-30(40)31(18-27)57(53,54)55;21-11-16-18(20(30-19(16)22)26-25-14-4-7-23-8-5-14)13-2-1-3-15(10-13)24-17(28)6-9-29-12-27;1-11-8-18(23-13-4-2-12(20)3-5-13)25-19(15(11)10-22)24-14-6-7-16(21)17(9-14)29(26,27)28;2-1-3;;;;;;2*1-4(2)3;/h4-7,9-18H,1,3H2,2H3,(H,44,52)(H2,45,46,47)(H,53,54,55);1-5,7-8,10,12H,6,9,22H2,(H,24,28);2,4-9H,1H3,(H2,23,24,25)(H,26,27,28);;;;;;;;;1H/q-2;;-1;;5*+1;;;/p-2. The summed E-state index contributed by atoms with van der Waals surface area (Å²) >= 11 is 25.8. The molecule has 0 aliphatic carbocycles. The molecule has 0 atom stereocenters. The van der Waals surface area contributed by atoms with E-state index in [0.717, 1.165) is 34.8 Å². The van der Waals surface area contributed by atoms with E-state index in [1.54, 1.807) is 154 Å². The Hall–Kier alpha value is -11.1. The number of benzene rings is 6. The van der Waals surface area contributed by atoms with Crippen molar-refractivity contribution in [2.24, 2.45) is 30.7 Å². The number of nitrogens with two attached hydrogens (primary N) is 1. The van der Waals surface area contributed by atoms with Crippen molar-refractivity contribution in [2.75, 3.05) is 44.2 Å². The van der Waals surface area contributed by atoms with Crippen LogP contribution in [0.15, 0.2) is 217 Å². The number of pyridine rings is 4. The van der Waals surface area contributed by atoms with Crippen LogP contribution in [0.25, 0.3) is 22.3 Å². The van der Waals surface area contributed by atoms with Gasteiger partial charge in [0.1, 0.15) is 82.4 Å². The van der Waals surface area contributed by atoms with Crippen LogP contribution in [0.1, 0.15) is 47.6 Å². The van der Waals surface area contributed by atoms with Gasteiger partial charge in [0.15, 0.2) is 22.5 Å². The Morgan fingerprint density at radius 3 is 1.39 bits per heavy atom. The fourth-order valence-corrected chi connectivity index (χ4v) is 14.2. The minimum atomic E-state index is -4.93. The fourth-order valence-electron chi connectivity index (χ4n) is 10.3. The quantitative estimate of drug-likeness (QED) is 0.0108. The molecule has 0 saturated carbocycles. The van der Waals surface area contributed by atoms with Crippen LogP contribution >= 0.6 is 69.1 Å². The first-order valence-corrected chi connectivity index (χ1v) is 42.4. The molecular weight excluding hydrogens is 1920 g/mol. The minimum Gasteiger partial charge on any atom is -0.744 e. The number of nitrogen functional groups attached to an aromatic ring is 1. The maximum absolute atomic E-state index is 12.1. The summed E-state index contributed by atoms with van der Waals surface area (Å²) < 4.78 is 125. The third-order valence-electron chi connectivity index (χ3n) is 15.6. The molecule has 6 heterocycles. The second kappa shape index (κ2) is 58.0. The molecule has 0 saturated heterocycles. The van der Waals surface area contributed by atoms with Gasteiger partial charge in [-0.2, -0.15) is 67.0 Å². The SMILES string of the molecule is Cc1cc(Nc2c[c-]c(Cl)cc2)nc(Nc2ccc(Cl)c(S(=O)(=O)[O-])c2)c1C#N.N#Cc1c(N)sc(N=Nc2ccncc2)c1-c1cccc(NC(=O)CCOC=O)c1.O=C=O.O=S(=O)=O.O=S(=O)=O.[CH2-]CC(=O)Nc1cccc(-c2c(N=Nc3ccncc3)sc(N=Nc3c(Nc4c[c-]c(Cl)cc4)nc(Nc4ccc(Cl)c(S(=O)(=O)[O-])c4)c(C#N)c3C)c2C#N)c1.[HH].[Li+].[Li+].[Li+].[Na+].[Na+].